The van der Waals surface area contributed by atoms with Crippen LogP contribution >= 0.6 is 0 Å². The molecule has 0 aliphatic rings. The smallest absolute Gasteiger partial charge is 0.319 e. The Balaban J connectivity index is 1.60. The predicted molar refractivity (Wildman–Crippen MR) is 84.1 cm³/mol. The normalized spacial score (nSPS) is 10.5. The summed E-state index contributed by atoms with van der Waals surface area (Å²) in [5.74, 6) is -3.70. The lowest BCUT2D eigenvalue weighted by Crippen LogP contribution is -2.28. The minimum atomic E-state index is -1.65. The molecule has 25 heavy (non-hydrogen) atoms. The molecule has 0 saturated heterocycles. The molecule has 0 bridgehead atoms. The first kappa shape index (κ1) is 16.6. The highest BCUT2D eigenvalue weighted by Gasteiger charge is 2.15. The van der Waals surface area contributed by atoms with Gasteiger partial charge in [0.05, 0.1) is 18.4 Å². The van der Waals surface area contributed by atoms with Crippen LogP contribution in [-0.4, -0.2) is 11.0 Å². The molecule has 1 heterocycles. The number of aromatic nitrogens is 1. The van der Waals surface area contributed by atoms with Crippen molar-refractivity contribution < 1.29 is 22.4 Å². The van der Waals surface area contributed by atoms with Gasteiger partial charge in [0.25, 0.3) is 0 Å². The van der Waals surface area contributed by atoms with E-state index in [0.29, 0.717) is 11.8 Å². The van der Waals surface area contributed by atoms with Gasteiger partial charge in [-0.2, -0.15) is 0 Å². The highest BCUT2D eigenvalue weighted by atomic mass is 19.2. The number of benzene rings is 2. The second-order valence-corrected chi connectivity index (χ2v) is 5.01. The third-order valence-corrected chi connectivity index (χ3v) is 3.30. The van der Waals surface area contributed by atoms with E-state index in [1.54, 1.807) is 0 Å². The molecule has 5 nitrogen and oxygen atoms in total. The maximum atomic E-state index is 13.5. The maximum Gasteiger partial charge on any atom is 0.319 e. The second kappa shape index (κ2) is 7.08. The van der Waals surface area contributed by atoms with E-state index in [2.05, 4.69) is 15.6 Å². The fourth-order valence-electron chi connectivity index (χ4n) is 2.07. The molecule has 0 saturated carbocycles. The number of urea groups is 1. The SMILES string of the molecule is O=C(NCc1ncc(-c2ccccc2)o1)Nc1ccc(F)c(F)c1F. The van der Waals surface area contributed by atoms with Crippen LogP contribution in [-0.2, 0) is 6.54 Å². The van der Waals surface area contributed by atoms with Crippen molar-refractivity contribution in [3.8, 4) is 11.3 Å². The van der Waals surface area contributed by atoms with E-state index >= 15 is 0 Å². The molecule has 2 aromatic carbocycles. The number of hydrogen-bond donors (Lipinski definition) is 2. The van der Waals surface area contributed by atoms with Gasteiger partial charge in [0.2, 0.25) is 5.89 Å². The van der Waals surface area contributed by atoms with Crippen molar-refractivity contribution in [3.05, 3.63) is 72.0 Å². The van der Waals surface area contributed by atoms with Crippen LogP contribution in [0.2, 0.25) is 0 Å². The number of oxazole rings is 1. The van der Waals surface area contributed by atoms with Crippen LogP contribution in [0.25, 0.3) is 11.3 Å². The van der Waals surface area contributed by atoms with Crippen LogP contribution in [0.3, 0.4) is 0 Å². The lowest BCUT2D eigenvalue weighted by Gasteiger charge is -2.07. The number of nitrogens with zero attached hydrogens (tertiary/aromatic N) is 1. The first-order valence-corrected chi connectivity index (χ1v) is 7.23. The summed E-state index contributed by atoms with van der Waals surface area (Å²) in [5, 5.41) is 4.47. The van der Waals surface area contributed by atoms with Gasteiger partial charge >= 0.3 is 6.03 Å². The van der Waals surface area contributed by atoms with E-state index in [9.17, 15) is 18.0 Å². The van der Waals surface area contributed by atoms with Gasteiger partial charge < -0.3 is 15.1 Å². The van der Waals surface area contributed by atoms with E-state index in [1.807, 2.05) is 30.3 Å². The zero-order valence-electron chi connectivity index (χ0n) is 12.7. The average Bonchev–Trinajstić information content (AvgIpc) is 3.10. The number of rotatable bonds is 4. The Morgan fingerprint density at radius 1 is 1.04 bits per heavy atom. The third-order valence-electron chi connectivity index (χ3n) is 3.30. The molecule has 0 aliphatic heterocycles. The lowest BCUT2D eigenvalue weighted by atomic mass is 10.2. The first-order valence-electron chi connectivity index (χ1n) is 7.23. The topological polar surface area (TPSA) is 67.2 Å². The minimum absolute atomic E-state index is 0.0655. The first-order chi connectivity index (χ1) is 12.0. The minimum Gasteiger partial charge on any atom is -0.439 e. The summed E-state index contributed by atoms with van der Waals surface area (Å²) in [6.45, 7) is -0.0655. The molecule has 128 valence electrons. The van der Waals surface area contributed by atoms with Gasteiger partial charge in [0, 0.05) is 5.56 Å². The highest BCUT2D eigenvalue weighted by Crippen LogP contribution is 2.20. The van der Waals surface area contributed by atoms with Gasteiger partial charge in [0.1, 0.15) is 0 Å². The Morgan fingerprint density at radius 3 is 2.56 bits per heavy atom. The summed E-state index contributed by atoms with van der Waals surface area (Å²) in [7, 11) is 0. The summed E-state index contributed by atoms with van der Waals surface area (Å²) in [6.07, 6.45) is 1.51. The Bertz CT molecular complexity index is 897. The number of halogens is 3. The molecule has 0 spiro atoms. The predicted octanol–water partition coefficient (Wildman–Crippen LogP) is 4.08. The van der Waals surface area contributed by atoms with Crippen molar-refractivity contribution in [3.63, 3.8) is 0 Å². The number of carbonyl (C=O) groups is 1. The Labute approximate surface area is 140 Å². The van der Waals surface area contributed by atoms with Crippen molar-refractivity contribution in [1.82, 2.24) is 10.3 Å². The zero-order valence-corrected chi connectivity index (χ0v) is 12.7. The molecule has 0 radical (unpaired) electrons. The van der Waals surface area contributed by atoms with Crippen molar-refractivity contribution in [2.45, 2.75) is 6.54 Å². The maximum absolute atomic E-state index is 13.5. The van der Waals surface area contributed by atoms with Gasteiger partial charge in [0.15, 0.2) is 23.2 Å². The van der Waals surface area contributed by atoms with Crippen LogP contribution in [0.5, 0.6) is 0 Å². The highest BCUT2D eigenvalue weighted by molar-refractivity contribution is 5.89. The molecule has 0 unspecified atom stereocenters. The fourth-order valence-corrected chi connectivity index (χ4v) is 2.07. The summed E-state index contributed by atoms with van der Waals surface area (Å²) in [6, 6.07) is 10.1. The van der Waals surface area contributed by atoms with Crippen molar-refractivity contribution >= 4 is 11.7 Å². The quantitative estimate of drug-likeness (QED) is 0.699. The van der Waals surface area contributed by atoms with Crippen LogP contribution in [0.4, 0.5) is 23.7 Å². The van der Waals surface area contributed by atoms with Gasteiger partial charge in [-0.25, -0.2) is 22.9 Å². The summed E-state index contributed by atoms with van der Waals surface area (Å²) in [4.78, 5) is 15.8. The molecule has 3 rings (SSSR count). The van der Waals surface area contributed by atoms with Gasteiger partial charge in [-0.3, -0.25) is 0 Å². The fraction of sp³-hybridized carbons (Fsp3) is 0.0588. The molecule has 1 aromatic heterocycles. The molecule has 2 amide bonds. The number of carbonyl (C=O) groups excluding carboxylic acids is 1. The van der Waals surface area contributed by atoms with Gasteiger partial charge in [-0.15, -0.1) is 0 Å². The largest absolute Gasteiger partial charge is 0.439 e. The zero-order chi connectivity index (χ0) is 17.8. The van der Waals surface area contributed by atoms with E-state index < -0.39 is 29.2 Å². The molecule has 2 N–H and O–H groups in total. The summed E-state index contributed by atoms with van der Waals surface area (Å²) >= 11 is 0. The molecule has 3 aromatic rings. The van der Waals surface area contributed by atoms with E-state index in [1.165, 1.54) is 6.20 Å². The third kappa shape index (κ3) is 3.79. The van der Waals surface area contributed by atoms with Crippen LogP contribution in [0, 0.1) is 17.5 Å². The number of anilines is 1. The number of nitrogens with one attached hydrogen (secondary N) is 2. The standard InChI is InChI=1S/C17H12F3N3O2/c18-11-6-7-12(16(20)15(11)19)23-17(24)22-9-14-21-8-13(25-14)10-4-2-1-3-5-10/h1-8H,9H2,(H2,22,23,24). The molecule has 0 atom stereocenters. The molecule has 0 aliphatic carbocycles. The second-order valence-electron chi connectivity index (χ2n) is 5.01. The van der Waals surface area contributed by atoms with Gasteiger partial charge in [-0.05, 0) is 12.1 Å². The van der Waals surface area contributed by atoms with Crippen molar-refractivity contribution in [2.24, 2.45) is 0 Å². The summed E-state index contributed by atoms with van der Waals surface area (Å²) in [5.41, 5.74) is 0.350. The van der Waals surface area contributed by atoms with Crippen LogP contribution < -0.4 is 10.6 Å². The molecule has 0 fully saturated rings. The molecular formula is C17H12F3N3O2. The van der Waals surface area contributed by atoms with Crippen LogP contribution in [0.1, 0.15) is 5.89 Å². The Kier molecular flexibility index (Phi) is 4.69. The van der Waals surface area contributed by atoms with Crippen molar-refractivity contribution in [2.75, 3.05) is 5.32 Å². The van der Waals surface area contributed by atoms with Gasteiger partial charge in [-0.1, -0.05) is 30.3 Å². The van der Waals surface area contributed by atoms with Crippen LogP contribution in [0.15, 0.2) is 53.1 Å². The van der Waals surface area contributed by atoms with E-state index in [0.717, 1.165) is 11.6 Å². The monoisotopic (exact) mass is 347 g/mol. The molecular weight excluding hydrogens is 335 g/mol. The number of hydrogen-bond acceptors (Lipinski definition) is 3. The Hall–Kier alpha value is -3.29. The van der Waals surface area contributed by atoms with E-state index in [-0.39, 0.29) is 12.4 Å². The average molecular weight is 347 g/mol. The van der Waals surface area contributed by atoms with E-state index in [4.69, 9.17) is 4.42 Å². The Morgan fingerprint density at radius 2 is 1.80 bits per heavy atom. The number of amides is 2. The summed E-state index contributed by atoms with van der Waals surface area (Å²) < 4.78 is 44.9. The molecule has 8 heteroatoms. The van der Waals surface area contributed by atoms with Crippen molar-refractivity contribution in [1.29, 1.82) is 0 Å². The lowest BCUT2D eigenvalue weighted by molar-refractivity contribution is 0.250.